The molecular weight excluding hydrogens is 284 g/mol. The summed E-state index contributed by atoms with van der Waals surface area (Å²) in [6, 6.07) is 0. The summed E-state index contributed by atoms with van der Waals surface area (Å²) in [5, 5.41) is 10.1. The molecule has 5 rings (SSSR count). The molecule has 0 aromatic carbocycles. The van der Waals surface area contributed by atoms with E-state index in [1.165, 1.54) is 25.7 Å². The fourth-order valence-corrected chi connectivity index (χ4v) is 7.14. The Bertz CT molecular complexity index is 560. The highest BCUT2D eigenvalue weighted by Gasteiger charge is 2.73. The molecule has 0 aliphatic heterocycles. The quantitative estimate of drug-likeness (QED) is 0.660. The molecule has 128 valence electrons. The number of rotatable bonds is 0. The average Bonchev–Trinajstić information content (AvgIpc) is 3.15. The van der Waals surface area contributed by atoms with Gasteiger partial charge in [0.25, 0.3) is 0 Å². The Hall–Kier alpha value is -0.630. The maximum atomic E-state index is 12.4. The lowest BCUT2D eigenvalue weighted by molar-refractivity contribution is -0.127. The van der Waals surface area contributed by atoms with Crippen molar-refractivity contribution in [3.8, 4) is 0 Å². The largest absolute Gasteiger partial charge is 0.393 e. The zero-order chi connectivity index (χ0) is 16.5. The zero-order valence-electron chi connectivity index (χ0n) is 15.0. The van der Waals surface area contributed by atoms with Crippen LogP contribution in [0.5, 0.6) is 0 Å². The van der Waals surface area contributed by atoms with Gasteiger partial charge in [0.2, 0.25) is 0 Å². The Morgan fingerprint density at radius 1 is 1.17 bits per heavy atom. The van der Waals surface area contributed by atoms with Gasteiger partial charge in [-0.25, -0.2) is 0 Å². The zero-order valence-corrected chi connectivity index (χ0v) is 15.0. The fraction of sp³-hybridized carbons (Fsp3) is 0.857. The Labute approximate surface area is 140 Å². The number of carbonyl (C=O) groups is 1. The summed E-state index contributed by atoms with van der Waals surface area (Å²) in [6.45, 7) is 6.23. The molecule has 0 amide bonds. The summed E-state index contributed by atoms with van der Waals surface area (Å²) in [6.07, 6.45) is 12.5. The second-order valence-corrected chi connectivity index (χ2v) is 8.93. The number of ketones is 1. The van der Waals surface area contributed by atoms with Gasteiger partial charge in [0.05, 0.1) is 6.10 Å². The molecule has 2 nitrogen and oxygen atoms in total. The van der Waals surface area contributed by atoms with Crippen LogP contribution in [0.3, 0.4) is 0 Å². The molecule has 2 heteroatoms. The third-order valence-electron chi connectivity index (χ3n) is 8.32. The van der Waals surface area contributed by atoms with E-state index in [4.69, 9.17) is 0 Å². The van der Waals surface area contributed by atoms with Gasteiger partial charge in [0, 0.05) is 11.8 Å². The van der Waals surface area contributed by atoms with Crippen LogP contribution in [0.25, 0.3) is 0 Å². The second-order valence-electron chi connectivity index (χ2n) is 8.93. The predicted octanol–water partition coefficient (Wildman–Crippen LogP) is 4.66. The maximum absolute atomic E-state index is 12.4. The Balaban J connectivity index is 0.000000652. The van der Waals surface area contributed by atoms with Crippen molar-refractivity contribution in [1.82, 2.24) is 0 Å². The van der Waals surface area contributed by atoms with E-state index in [0.29, 0.717) is 28.4 Å². The van der Waals surface area contributed by atoms with Gasteiger partial charge in [0.1, 0.15) is 5.78 Å². The SMILES string of the molecule is CC.CC12CC=C3C(CCC45CC(O)CCC34C5)C1CCC2=O. The van der Waals surface area contributed by atoms with Gasteiger partial charge in [-0.15, -0.1) is 0 Å². The molecule has 0 saturated heterocycles. The van der Waals surface area contributed by atoms with Gasteiger partial charge >= 0.3 is 0 Å². The highest BCUT2D eigenvalue weighted by atomic mass is 16.3. The number of hydrogen-bond donors (Lipinski definition) is 1. The van der Waals surface area contributed by atoms with E-state index in [1.54, 1.807) is 5.57 Å². The van der Waals surface area contributed by atoms with E-state index < -0.39 is 0 Å². The van der Waals surface area contributed by atoms with E-state index in [0.717, 1.165) is 32.1 Å². The number of carbonyl (C=O) groups excluding carboxylic acids is 1. The number of allylic oxidation sites excluding steroid dienone is 2. The first kappa shape index (κ1) is 15.9. The molecule has 0 spiro atoms. The van der Waals surface area contributed by atoms with Crippen LogP contribution in [0.4, 0.5) is 0 Å². The van der Waals surface area contributed by atoms with Crippen molar-refractivity contribution in [2.24, 2.45) is 28.1 Å². The van der Waals surface area contributed by atoms with Crippen LogP contribution in [0.1, 0.15) is 78.6 Å². The third-order valence-corrected chi connectivity index (χ3v) is 8.32. The van der Waals surface area contributed by atoms with Gasteiger partial charge in [-0.3, -0.25) is 4.79 Å². The summed E-state index contributed by atoms with van der Waals surface area (Å²) in [4.78, 5) is 12.4. The minimum Gasteiger partial charge on any atom is -0.393 e. The maximum Gasteiger partial charge on any atom is 0.139 e. The van der Waals surface area contributed by atoms with E-state index in [-0.39, 0.29) is 11.5 Å². The lowest BCUT2D eigenvalue weighted by Gasteiger charge is -2.49. The molecule has 0 heterocycles. The predicted molar refractivity (Wildman–Crippen MR) is 92.0 cm³/mol. The van der Waals surface area contributed by atoms with Crippen molar-refractivity contribution >= 4 is 5.78 Å². The fourth-order valence-electron chi connectivity index (χ4n) is 7.14. The van der Waals surface area contributed by atoms with Crippen LogP contribution in [-0.4, -0.2) is 17.0 Å². The normalized spacial score (nSPS) is 53.0. The summed E-state index contributed by atoms with van der Waals surface area (Å²) >= 11 is 0. The van der Waals surface area contributed by atoms with Crippen LogP contribution in [0, 0.1) is 28.1 Å². The number of hydrogen-bond acceptors (Lipinski definition) is 2. The average molecular weight is 316 g/mol. The summed E-state index contributed by atoms with van der Waals surface area (Å²) in [5.41, 5.74) is 2.58. The molecule has 0 bridgehead atoms. The van der Waals surface area contributed by atoms with Crippen molar-refractivity contribution in [3.63, 3.8) is 0 Å². The number of aliphatic hydroxyl groups is 1. The Morgan fingerprint density at radius 2 is 1.96 bits per heavy atom. The highest BCUT2D eigenvalue weighted by molar-refractivity contribution is 5.87. The Kier molecular flexibility index (Phi) is 3.41. The molecule has 0 radical (unpaired) electrons. The van der Waals surface area contributed by atoms with Crippen molar-refractivity contribution in [3.05, 3.63) is 11.6 Å². The lowest BCUT2D eigenvalue weighted by atomic mass is 9.55. The standard InChI is InChI=1S/C19H26O2.C2H6/c1-17-7-6-15-13(14(17)2-3-16(17)21)5-8-18-10-12(20)4-9-19(15,18)11-18;1-2/h6,12-14,20H,2-5,7-11H2,1H3;1-2H3. The topological polar surface area (TPSA) is 37.3 Å². The van der Waals surface area contributed by atoms with Gasteiger partial charge in [-0.05, 0) is 74.0 Å². The molecule has 4 saturated carbocycles. The molecule has 23 heavy (non-hydrogen) atoms. The molecule has 5 aliphatic carbocycles. The van der Waals surface area contributed by atoms with Crippen molar-refractivity contribution in [1.29, 1.82) is 0 Å². The minimum atomic E-state index is -0.0558. The van der Waals surface area contributed by atoms with Crippen molar-refractivity contribution in [2.45, 2.75) is 84.7 Å². The Morgan fingerprint density at radius 3 is 2.74 bits per heavy atom. The third kappa shape index (κ3) is 1.82. The van der Waals surface area contributed by atoms with Crippen molar-refractivity contribution < 1.29 is 9.90 Å². The molecule has 6 unspecified atom stereocenters. The summed E-state index contributed by atoms with van der Waals surface area (Å²) in [5.74, 6) is 1.82. The van der Waals surface area contributed by atoms with E-state index >= 15 is 0 Å². The molecular formula is C21H32O2. The first-order valence-electron chi connectivity index (χ1n) is 9.93. The van der Waals surface area contributed by atoms with Crippen LogP contribution in [0.15, 0.2) is 11.6 Å². The van der Waals surface area contributed by atoms with Crippen molar-refractivity contribution in [2.75, 3.05) is 0 Å². The van der Waals surface area contributed by atoms with Crippen LogP contribution in [0.2, 0.25) is 0 Å². The van der Waals surface area contributed by atoms with Gasteiger partial charge in [-0.2, -0.15) is 0 Å². The summed E-state index contributed by atoms with van der Waals surface area (Å²) < 4.78 is 0. The minimum absolute atomic E-state index is 0.0477. The lowest BCUT2D eigenvalue weighted by Crippen LogP contribution is -2.43. The first-order chi connectivity index (χ1) is 11.0. The molecule has 1 N–H and O–H groups in total. The monoisotopic (exact) mass is 316 g/mol. The number of fused-ring (bicyclic) bond motifs is 3. The van der Waals surface area contributed by atoms with E-state index in [9.17, 15) is 9.90 Å². The molecule has 6 atom stereocenters. The van der Waals surface area contributed by atoms with Crippen LogP contribution < -0.4 is 0 Å². The van der Waals surface area contributed by atoms with Crippen LogP contribution >= 0.6 is 0 Å². The van der Waals surface area contributed by atoms with E-state index in [2.05, 4.69) is 13.0 Å². The highest BCUT2D eigenvalue weighted by Crippen LogP contribution is 2.81. The molecule has 4 fully saturated rings. The second kappa shape index (κ2) is 4.94. The molecule has 0 aromatic rings. The van der Waals surface area contributed by atoms with Gasteiger partial charge in [0.15, 0.2) is 0 Å². The molecule has 5 aliphatic rings. The number of aliphatic hydroxyl groups excluding tert-OH is 1. The number of Topliss-reactive ketones (excluding diaryl/α,β-unsaturated/α-hetero) is 1. The van der Waals surface area contributed by atoms with Crippen LogP contribution in [-0.2, 0) is 4.79 Å². The molecule has 0 aromatic heterocycles. The smallest absolute Gasteiger partial charge is 0.139 e. The van der Waals surface area contributed by atoms with Gasteiger partial charge < -0.3 is 5.11 Å². The van der Waals surface area contributed by atoms with Gasteiger partial charge in [-0.1, -0.05) is 32.4 Å². The summed E-state index contributed by atoms with van der Waals surface area (Å²) in [7, 11) is 0. The van der Waals surface area contributed by atoms with E-state index in [1.807, 2.05) is 13.8 Å². The first-order valence-corrected chi connectivity index (χ1v) is 9.93.